The van der Waals surface area contributed by atoms with Crippen LogP contribution in [0.4, 0.5) is 0 Å². The fraction of sp³-hybridized carbons (Fsp3) is 0.654. The summed E-state index contributed by atoms with van der Waals surface area (Å²) in [7, 11) is -9.99. The van der Waals surface area contributed by atoms with E-state index < -0.39 is 97.5 Å². The zero-order valence-electron chi connectivity index (χ0n) is 62.1. The summed E-state index contributed by atoms with van der Waals surface area (Å²) in [4.78, 5) is 72.8. The molecule has 0 radical (unpaired) electrons. The number of allylic oxidation sites excluding steroid dienone is 23. The van der Waals surface area contributed by atoms with E-state index in [4.69, 9.17) is 37.0 Å². The molecule has 0 aliphatic rings. The molecule has 0 saturated heterocycles. The molecule has 0 aliphatic heterocycles. The van der Waals surface area contributed by atoms with E-state index in [1.807, 2.05) is 18.2 Å². The molecule has 19 heteroatoms. The second kappa shape index (κ2) is 72.3. The van der Waals surface area contributed by atoms with Crippen LogP contribution in [0.25, 0.3) is 0 Å². The maximum atomic E-state index is 13.1. The lowest BCUT2D eigenvalue weighted by Crippen LogP contribution is -2.30. The van der Waals surface area contributed by atoms with Gasteiger partial charge in [0.2, 0.25) is 0 Å². The van der Waals surface area contributed by atoms with Gasteiger partial charge >= 0.3 is 39.5 Å². The molecule has 0 heterocycles. The first kappa shape index (κ1) is 94.9. The van der Waals surface area contributed by atoms with Gasteiger partial charge in [0.25, 0.3) is 0 Å². The smallest absolute Gasteiger partial charge is 0.462 e. The molecule has 0 saturated carbocycles. The minimum atomic E-state index is -5.00. The first-order valence-corrected chi connectivity index (χ1v) is 41.1. The highest BCUT2D eigenvalue weighted by Crippen LogP contribution is 2.45. The van der Waals surface area contributed by atoms with Gasteiger partial charge in [-0.25, -0.2) is 9.13 Å². The van der Waals surface area contributed by atoms with Gasteiger partial charge in [0.15, 0.2) is 12.2 Å². The summed E-state index contributed by atoms with van der Waals surface area (Å²) in [6.07, 6.45) is 81.5. The third kappa shape index (κ3) is 71.3. The number of aliphatic hydroxyl groups is 1. The fourth-order valence-corrected chi connectivity index (χ4v) is 11.2. The van der Waals surface area contributed by atoms with Crippen molar-refractivity contribution in [3.8, 4) is 0 Å². The van der Waals surface area contributed by atoms with Crippen LogP contribution >= 0.6 is 15.6 Å². The van der Waals surface area contributed by atoms with Crippen molar-refractivity contribution >= 4 is 39.5 Å². The average molecular weight is 1440 g/mol. The van der Waals surface area contributed by atoms with Crippen molar-refractivity contribution in [3.05, 3.63) is 146 Å². The summed E-state index contributed by atoms with van der Waals surface area (Å²) >= 11 is 0. The van der Waals surface area contributed by atoms with Gasteiger partial charge in [-0.3, -0.25) is 37.3 Å². The Morgan fingerprint density at radius 1 is 0.300 bits per heavy atom. The minimum Gasteiger partial charge on any atom is -0.462 e. The van der Waals surface area contributed by atoms with Crippen LogP contribution in [-0.2, 0) is 65.4 Å². The number of carbonyl (C=O) groups excluding carboxylic acids is 4. The van der Waals surface area contributed by atoms with Gasteiger partial charge < -0.3 is 33.8 Å². The van der Waals surface area contributed by atoms with Crippen molar-refractivity contribution in [3.63, 3.8) is 0 Å². The maximum Gasteiger partial charge on any atom is 0.472 e. The zero-order chi connectivity index (χ0) is 73.2. The summed E-state index contributed by atoms with van der Waals surface area (Å²) in [5.41, 5.74) is 0. The first-order chi connectivity index (χ1) is 48.7. The molecular weight excluding hydrogens is 1310 g/mol. The van der Waals surface area contributed by atoms with E-state index in [-0.39, 0.29) is 25.7 Å². The number of ether oxygens (including phenoxy) is 4. The van der Waals surface area contributed by atoms with E-state index in [9.17, 15) is 43.2 Å². The quantitative estimate of drug-likeness (QED) is 0.0169. The number of rotatable bonds is 70. The topological polar surface area (TPSA) is 237 Å². The molecule has 570 valence electrons. The molecule has 5 atom stereocenters. The molecule has 0 spiro atoms. The van der Waals surface area contributed by atoms with Gasteiger partial charge in [-0.15, -0.1) is 0 Å². The molecular formula is C81H134O17P2. The molecule has 3 N–H and O–H groups in total. The average Bonchev–Trinajstić information content (AvgIpc) is 0.988. The van der Waals surface area contributed by atoms with Crippen LogP contribution in [0.15, 0.2) is 146 Å². The Labute approximate surface area is 605 Å². The molecule has 0 rings (SSSR count). The van der Waals surface area contributed by atoms with Crippen LogP contribution in [-0.4, -0.2) is 96.7 Å². The van der Waals surface area contributed by atoms with Crippen molar-refractivity contribution < 1.29 is 80.2 Å². The molecule has 0 fully saturated rings. The Hall–Kier alpha value is -5.06. The van der Waals surface area contributed by atoms with E-state index >= 15 is 0 Å². The highest BCUT2D eigenvalue weighted by molar-refractivity contribution is 7.47. The molecule has 17 nitrogen and oxygen atoms in total. The van der Waals surface area contributed by atoms with Crippen molar-refractivity contribution in [2.24, 2.45) is 0 Å². The van der Waals surface area contributed by atoms with Crippen LogP contribution in [0, 0.1) is 0 Å². The Morgan fingerprint density at radius 3 is 0.900 bits per heavy atom. The van der Waals surface area contributed by atoms with E-state index in [0.29, 0.717) is 25.7 Å². The second-order valence-corrected chi connectivity index (χ2v) is 27.7. The monoisotopic (exact) mass is 1440 g/mol. The minimum absolute atomic E-state index is 0.0517. The van der Waals surface area contributed by atoms with Crippen LogP contribution < -0.4 is 0 Å². The lowest BCUT2D eigenvalue weighted by molar-refractivity contribution is -0.161. The largest absolute Gasteiger partial charge is 0.472 e. The number of hydrogen-bond donors (Lipinski definition) is 3. The van der Waals surface area contributed by atoms with Crippen LogP contribution in [0.2, 0.25) is 0 Å². The predicted molar refractivity (Wildman–Crippen MR) is 408 cm³/mol. The van der Waals surface area contributed by atoms with E-state index in [1.165, 1.54) is 25.7 Å². The molecule has 0 amide bonds. The lowest BCUT2D eigenvalue weighted by Gasteiger charge is -2.21. The molecule has 0 aromatic rings. The van der Waals surface area contributed by atoms with E-state index in [2.05, 4.69) is 149 Å². The molecule has 0 bridgehead atoms. The Morgan fingerprint density at radius 2 is 0.560 bits per heavy atom. The van der Waals surface area contributed by atoms with Crippen LogP contribution in [0.3, 0.4) is 0 Å². The predicted octanol–water partition coefficient (Wildman–Crippen LogP) is 21.9. The van der Waals surface area contributed by atoms with Crippen LogP contribution in [0.5, 0.6) is 0 Å². The summed E-state index contributed by atoms with van der Waals surface area (Å²) in [5.74, 6) is -2.37. The van der Waals surface area contributed by atoms with Gasteiger partial charge in [-0.2, -0.15) is 0 Å². The summed E-state index contributed by atoms with van der Waals surface area (Å²) < 4.78 is 68.3. The number of carbonyl (C=O) groups is 4. The Bertz CT molecular complexity index is 2470. The van der Waals surface area contributed by atoms with Gasteiger partial charge in [-0.1, -0.05) is 263 Å². The van der Waals surface area contributed by atoms with E-state index in [0.717, 1.165) is 180 Å². The number of unbranched alkanes of at least 4 members (excludes halogenated alkanes) is 21. The van der Waals surface area contributed by atoms with Crippen LogP contribution in [0.1, 0.15) is 285 Å². The molecule has 0 aromatic heterocycles. The number of aliphatic hydroxyl groups excluding tert-OH is 1. The highest BCUT2D eigenvalue weighted by Gasteiger charge is 2.30. The molecule has 5 unspecified atom stereocenters. The number of phosphoric ester groups is 2. The maximum absolute atomic E-state index is 13.1. The van der Waals surface area contributed by atoms with Crippen molar-refractivity contribution in [2.45, 2.75) is 303 Å². The van der Waals surface area contributed by atoms with Gasteiger partial charge in [0.1, 0.15) is 19.3 Å². The van der Waals surface area contributed by atoms with Gasteiger partial charge in [0.05, 0.1) is 32.8 Å². The summed E-state index contributed by atoms with van der Waals surface area (Å²) in [5, 5.41) is 10.6. The van der Waals surface area contributed by atoms with Crippen molar-refractivity contribution in [1.29, 1.82) is 0 Å². The second-order valence-electron chi connectivity index (χ2n) is 24.8. The summed E-state index contributed by atoms with van der Waals surface area (Å²) in [6, 6.07) is 0. The molecule has 0 aliphatic carbocycles. The Kier molecular flexibility index (Phi) is 68.6. The third-order valence-corrected chi connectivity index (χ3v) is 17.2. The standard InChI is InChI=1S/C81H134O17P2/c1-5-9-13-17-21-25-29-33-36-37-40-43-46-50-54-58-62-66-79(84)92-71-76(97-80(85)67-63-59-55-51-47-41-32-28-24-20-16-12-8-4)73-95-99(87,88)93-69-75(82)70-94-100(89,90)96-74-77(98-81(86)68-64-60-56-52-48-44-39-35-31-27-23-19-15-11-7-3)72-91-78(83)65-61-57-53-49-45-42-38-34-30-26-22-18-14-10-6-2/h9-11,13-15,21-23,25-28,32-36,38-39,45,49,57,61,75-77,82H,5-8,12,16-20,24,29-31,37,40-44,46-48,50-56,58-60,62-74H2,1-4H3,(H,87,88)(H,89,90)/b13-9-,14-10-,15-11-,25-21-,26-22-,27-23-,32-28-,36-33-,38-34-,39-35-,49-45-,61-57-. The number of phosphoric acid groups is 2. The van der Waals surface area contributed by atoms with Crippen molar-refractivity contribution in [1.82, 2.24) is 0 Å². The SMILES string of the molecule is CC/C=C\C/C=C\C/C=C\C/C=C\C/C=C\CC(=O)OCC(COP(=O)(O)OCC(O)COP(=O)(O)OCC(COC(=O)CCCCCCCCC/C=C\C/C=C\C/C=C\CC)OC(=O)CCCCCCC/C=C\CCCCCC)OC(=O)CCCCCCC/C=C\C/C=C\C/C=C\CC. The third-order valence-electron chi connectivity index (χ3n) is 15.3. The fourth-order valence-electron chi connectivity index (χ4n) is 9.61. The number of esters is 4. The molecule has 0 aromatic carbocycles. The Balaban J connectivity index is 5.44. The normalized spacial score (nSPS) is 14.8. The lowest BCUT2D eigenvalue weighted by atomic mass is 10.1. The van der Waals surface area contributed by atoms with E-state index in [1.54, 1.807) is 6.08 Å². The van der Waals surface area contributed by atoms with Crippen molar-refractivity contribution in [2.75, 3.05) is 39.6 Å². The highest BCUT2D eigenvalue weighted by atomic mass is 31.2. The van der Waals surface area contributed by atoms with Gasteiger partial charge in [0, 0.05) is 19.3 Å². The molecule has 100 heavy (non-hydrogen) atoms. The summed E-state index contributed by atoms with van der Waals surface area (Å²) in [6.45, 7) is 4.35. The van der Waals surface area contributed by atoms with Gasteiger partial charge in [-0.05, 0) is 141 Å². The number of hydrogen-bond acceptors (Lipinski definition) is 15. The zero-order valence-corrected chi connectivity index (χ0v) is 63.9. The first-order valence-electron chi connectivity index (χ1n) is 38.1.